The van der Waals surface area contributed by atoms with E-state index in [1.165, 1.54) is 19.2 Å². The second kappa shape index (κ2) is 5.31. The molecule has 0 aliphatic heterocycles. The number of anilines is 1. The number of benzene rings is 1. The Morgan fingerprint density at radius 3 is 2.37 bits per heavy atom. The van der Waals surface area contributed by atoms with Gasteiger partial charge in [-0.2, -0.15) is 18.4 Å². The topological polar surface area (TPSA) is 44.1 Å². The van der Waals surface area contributed by atoms with Crippen molar-refractivity contribution < 1.29 is 18.0 Å². The smallest absolute Gasteiger partial charge is 0.315 e. The molecule has 0 aliphatic carbocycles. The molecule has 1 rings (SSSR count). The number of nitriles is 1. The van der Waals surface area contributed by atoms with E-state index in [-0.39, 0.29) is 17.5 Å². The summed E-state index contributed by atoms with van der Waals surface area (Å²) in [5.41, 5.74) is -1.37. The first-order chi connectivity index (χ1) is 8.68. The molecule has 1 aromatic carbocycles. The van der Waals surface area contributed by atoms with E-state index in [9.17, 15) is 18.0 Å². The summed E-state index contributed by atoms with van der Waals surface area (Å²) in [5, 5.41) is 8.68. The molecular formula is C13H13F3N2O. The molecule has 1 amide bonds. The van der Waals surface area contributed by atoms with Crippen molar-refractivity contribution in [1.29, 1.82) is 5.26 Å². The maximum Gasteiger partial charge on any atom is 0.417 e. The van der Waals surface area contributed by atoms with E-state index in [1.54, 1.807) is 13.8 Å². The number of hydrogen-bond donors (Lipinski definition) is 0. The number of alkyl halides is 3. The van der Waals surface area contributed by atoms with Gasteiger partial charge in [-0.15, -0.1) is 0 Å². The maximum absolute atomic E-state index is 12.8. The van der Waals surface area contributed by atoms with Gasteiger partial charge in [-0.25, -0.2) is 0 Å². The Morgan fingerprint density at radius 2 is 1.95 bits per heavy atom. The van der Waals surface area contributed by atoms with E-state index >= 15 is 0 Å². The van der Waals surface area contributed by atoms with Crippen LogP contribution in [-0.4, -0.2) is 13.0 Å². The summed E-state index contributed by atoms with van der Waals surface area (Å²) in [6.45, 7) is 3.32. The van der Waals surface area contributed by atoms with Crippen molar-refractivity contribution in [2.24, 2.45) is 5.92 Å². The van der Waals surface area contributed by atoms with Gasteiger partial charge in [-0.3, -0.25) is 4.79 Å². The van der Waals surface area contributed by atoms with Gasteiger partial charge in [0, 0.05) is 18.7 Å². The normalized spacial score (nSPS) is 11.3. The molecule has 0 spiro atoms. The highest BCUT2D eigenvalue weighted by atomic mass is 19.4. The molecule has 0 aromatic heterocycles. The Bertz CT molecular complexity index is 530. The molecule has 3 nitrogen and oxygen atoms in total. The van der Waals surface area contributed by atoms with Gasteiger partial charge in [0.2, 0.25) is 5.91 Å². The summed E-state index contributed by atoms with van der Waals surface area (Å²) in [5.74, 6) is -0.618. The molecule has 0 fully saturated rings. The zero-order valence-electron chi connectivity index (χ0n) is 10.7. The molecule has 0 aliphatic rings. The van der Waals surface area contributed by atoms with Crippen molar-refractivity contribution in [1.82, 2.24) is 0 Å². The Labute approximate surface area is 109 Å². The van der Waals surface area contributed by atoms with Crippen LogP contribution in [0.5, 0.6) is 0 Å². The van der Waals surface area contributed by atoms with Crippen LogP contribution in [-0.2, 0) is 11.0 Å². The number of nitrogens with zero attached hydrogens (tertiary/aromatic N) is 2. The van der Waals surface area contributed by atoms with Crippen LogP contribution in [0.25, 0.3) is 0 Å². The minimum atomic E-state index is -4.62. The quantitative estimate of drug-likeness (QED) is 0.828. The standard InChI is InChI=1S/C13H13F3N2O/c1-8(2)12(19)18(3)10-5-4-9(7-17)11(6-10)13(14,15)16/h4-6,8H,1-3H3. The van der Waals surface area contributed by atoms with Gasteiger partial charge in [-0.05, 0) is 18.2 Å². The van der Waals surface area contributed by atoms with Gasteiger partial charge < -0.3 is 4.90 Å². The van der Waals surface area contributed by atoms with E-state index in [0.717, 1.165) is 17.0 Å². The molecule has 0 saturated carbocycles. The Hall–Kier alpha value is -2.03. The highest BCUT2D eigenvalue weighted by molar-refractivity contribution is 5.94. The van der Waals surface area contributed by atoms with Crippen molar-refractivity contribution in [3.05, 3.63) is 29.3 Å². The van der Waals surface area contributed by atoms with E-state index in [0.29, 0.717) is 0 Å². The Morgan fingerprint density at radius 1 is 1.37 bits per heavy atom. The summed E-state index contributed by atoms with van der Waals surface area (Å²) in [4.78, 5) is 12.9. The van der Waals surface area contributed by atoms with Crippen LogP contribution >= 0.6 is 0 Å². The Balaban J connectivity index is 3.27. The monoisotopic (exact) mass is 270 g/mol. The molecule has 6 heteroatoms. The van der Waals surface area contributed by atoms with Crippen molar-refractivity contribution in [3.8, 4) is 6.07 Å². The molecule has 0 radical (unpaired) electrons. The highest BCUT2D eigenvalue weighted by Gasteiger charge is 2.34. The lowest BCUT2D eigenvalue weighted by Crippen LogP contribution is -2.30. The number of rotatable bonds is 2. The molecule has 102 valence electrons. The molecule has 0 heterocycles. The van der Waals surface area contributed by atoms with Crippen LogP contribution in [0, 0.1) is 17.2 Å². The summed E-state index contributed by atoms with van der Waals surface area (Å²) in [6, 6.07) is 4.71. The van der Waals surface area contributed by atoms with Gasteiger partial charge in [-0.1, -0.05) is 13.8 Å². The van der Waals surface area contributed by atoms with Crippen molar-refractivity contribution in [2.75, 3.05) is 11.9 Å². The lowest BCUT2D eigenvalue weighted by atomic mass is 10.1. The van der Waals surface area contributed by atoms with Crippen molar-refractivity contribution in [3.63, 3.8) is 0 Å². The Kier molecular flexibility index (Phi) is 4.20. The molecule has 0 saturated heterocycles. The van der Waals surface area contributed by atoms with Crippen LogP contribution in [0.4, 0.5) is 18.9 Å². The predicted octanol–water partition coefficient (Wildman–Crippen LogP) is 3.20. The van der Waals surface area contributed by atoms with Crippen LogP contribution in [0.2, 0.25) is 0 Å². The van der Waals surface area contributed by atoms with Crippen LogP contribution in [0.3, 0.4) is 0 Å². The summed E-state index contributed by atoms with van der Waals surface area (Å²) in [6.07, 6.45) is -4.62. The SMILES string of the molecule is CC(C)C(=O)N(C)c1ccc(C#N)c(C(F)(F)F)c1. The van der Waals surface area contributed by atoms with Crippen LogP contribution in [0.1, 0.15) is 25.0 Å². The van der Waals surface area contributed by atoms with Crippen LogP contribution in [0.15, 0.2) is 18.2 Å². The average Bonchev–Trinajstić information content (AvgIpc) is 2.35. The molecule has 0 N–H and O–H groups in total. The van der Waals surface area contributed by atoms with E-state index in [1.807, 2.05) is 0 Å². The van der Waals surface area contributed by atoms with Crippen LogP contribution < -0.4 is 4.90 Å². The van der Waals surface area contributed by atoms with Gasteiger partial charge in [0.05, 0.1) is 17.2 Å². The summed E-state index contributed by atoms with van der Waals surface area (Å²) >= 11 is 0. The van der Waals surface area contributed by atoms with E-state index < -0.39 is 17.3 Å². The van der Waals surface area contributed by atoms with Gasteiger partial charge in [0.1, 0.15) is 0 Å². The van der Waals surface area contributed by atoms with Gasteiger partial charge in [0.15, 0.2) is 0 Å². The number of halogens is 3. The minimum Gasteiger partial charge on any atom is -0.315 e. The molecular weight excluding hydrogens is 257 g/mol. The number of amides is 1. The van der Waals surface area contributed by atoms with E-state index in [4.69, 9.17) is 5.26 Å². The first kappa shape index (κ1) is 15.0. The average molecular weight is 270 g/mol. The lowest BCUT2D eigenvalue weighted by Gasteiger charge is -2.21. The molecule has 19 heavy (non-hydrogen) atoms. The third-order valence-corrected chi connectivity index (χ3v) is 2.64. The van der Waals surface area contributed by atoms with Crippen molar-refractivity contribution >= 4 is 11.6 Å². The third kappa shape index (κ3) is 3.25. The fraction of sp³-hybridized carbons (Fsp3) is 0.385. The van der Waals surface area contributed by atoms with Gasteiger partial charge in [0.25, 0.3) is 0 Å². The maximum atomic E-state index is 12.8. The molecule has 0 unspecified atom stereocenters. The third-order valence-electron chi connectivity index (χ3n) is 2.64. The summed E-state index contributed by atoms with van der Waals surface area (Å²) in [7, 11) is 1.41. The zero-order chi connectivity index (χ0) is 14.8. The van der Waals surface area contributed by atoms with Gasteiger partial charge >= 0.3 is 6.18 Å². The first-order valence-electron chi connectivity index (χ1n) is 5.57. The fourth-order valence-electron chi connectivity index (χ4n) is 1.59. The van der Waals surface area contributed by atoms with Crippen molar-refractivity contribution in [2.45, 2.75) is 20.0 Å². The second-order valence-corrected chi connectivity index (χ2v) is 4.39. The highest BCUT2D eigenvalue weighted by Crippen LogP contribution is 2.34. The minimum absolute atomic E-state index is 0.116. The fourth-order valence-corrected chi connectivity index (χ4v) is 1.59. The number of carbonyl (C=O) groups is 1. The predicted molar refractivity (Wildman–Crippen MR) is 64.4 cm³/mol. The number of carbonyl (C=O) groups excluding carboxylic acids is 1. The first-order valence-corrected chi connectivity index (χ1v) is 5.57. The lowest BCUT2D eigenvalue weighted by molar-refractivity contribution is -0.137. The molecule has 0 atom stereocenters. The number of hydrogen-bond acceptors (Lipinski definition) is 2. The van der Waals surface area contributed by atoms with E-state index in [2.05, 4.69) is 0 Å². The summed E-state index contributed by atoms with van der Waals surface area (Å²) < 4.78 is 38.4. The second-order valence-electron chi connectivity index (χ2n) is 4.39. The largest absolute Gasteiger partial charge is 0.417 e. The molecule has 1 aromatic rings. The zero-order valence-corrected chi connectivity index (χ0v) is 10.7. The molecule has 0 bridgehead atoms.